The van der Waals surface area contributed by atoms with Gasteiger partial charge in [0.2, 0.25) is 15.9 Å². The minimum Gasteiger partial charge on any atom is -0.340 e. The van der Waals surface area contributed by atoms with Crippen LogP contribution >= 0.6 is 11.6 Å². The summed E-state index contributed by atoms with van der Waals surface area (Å²) in [5, 5.41) is 0.356. The third kappa shape index (κ3) is 4.23. The van der Waals surface area contributed by atoms with Crippen LogP contribution in [0.4, 0.5) is 4.39 Å². The van der Waals surface area contributed by atoms with Gasteiger partial charge in [-0.15, -0.1) is 0 Å². The highest BCUT2D eigenvalue weighted by molar-refractivity contribution is 7.89. The Morgan fingerprint density at radius 3 is 2.38 bits per heavy atom. The van der Waals surface area contributed by atoms with Crippen LogP contribution in [0.25, 0.3) is 0 Å². The molecule has 26 heavy (non-hydrogen) atoms. The number of hydrogen-bond acceptors (Lipinski definition) is 3. The predicted octanol–water partition coefficient (Wildman–Crippen LogP) is 2.55. The molecule has 0 aliphatic carbocycles. The summed E-state index contributed by atoms with van der Waals surface area (Å²) in [5.41, 5.74) is 0.601. The first kappa shape index (κ1) is 18.8. The van der Waals surface area contributed by atoms with Crippen molar-refractivity contribution in [2.75, 3.05) is 26.2 Å². The van der Waals surface area contributed by atoms with Gasteiger partial charge in [0.05, 0.1) is 11.3 Å². The van der Waals surface area contributed by atoms with Crippen molar-refractivity contribution < 1.29 is 17.6 Å². The Kier molecular flexibility index (Phi) is 5.60. The topological polar surface area (TPSA) is 57.7 Å². The van der Waals surface area contributed by atoms with E-state index in [1.54, 1.807) is 29.2 Å². The van der Waals surface area contributed by atoms with Gasteiger partial charge >= 0.3 is 0 Å². The van der Waals surface area contributed by atoms with E-state index in [1.807, 2.05) is 0 Å². The van der Waals surface area contributed by atoms with E-state index in [9.17, 15) is 17.6 Å². The maximum atomic E-state index is 13.2. The number of rotatable bonds is 4. The molecule has 0 unspecified atom stereocenters. The first-order valence-electron chi connectivity index (χ1n) is 8.14. The number of carbonyl (C=O) groups is 1. The molecule has 0 bridgehead atoms. The molecule has 1 heterocycles. The smallest absolute Gasteiger partial charge is 0.243 e. The molecule has 1 fully saturated rings. The van der Waals surface area contributed by atoms with Crippen molar-refractivity contribution in [3.05, 3.63) is 64.9 Å². The van der Waals surface area contributed by atoms with Crippen molar-refractivity contribution in [2.24, 2.45) is 0 Å². The molecule has 0 aromatic heterocycles. The lowest BCUT2D eigenvalue weighted by atomic mass is 10.1. The van der Waals surface area contributed by atoms with Gasteiger partial charge in [-0.1, -0.05) is 29.8 Å². The molecule has 1 aliphatic rings. The van der Waals surface area contributed by atoms with Crippen LogP contribution in [0.3, 0.4) is 0 Å². The van der Waals surface area contributed by atoms with Crippen molar-refractivity contribution in [3.63, 3.8) is 0 Å². The Labute approximate surface area is 157 Å². The van der Waals surface area contributed by atoms with Crippen LogP contribution in [0, 0.1) is 5.82 Å². The summed E-state index contributed by atoms with van der Waals surface area (Å²) in [6.07, 6.45) is 0.0960. The summed E-state index contributed by atoms with van der Waals surface area (Å²) in [6.45, 7) is 1.02. The van der Waals surface area contributed by atoms with Crippen LogP contribution in [0.5, 0.6) is 0 Å². The molecule has 8 heteroatoms. The van der Waals surface area contributed by atoms with Gasteiger partial charge in [0.15, 0.2) is 0 Å². The molecule has 0 spiro atoms. The van der Waals surface area contributed by atoms with E-state index in [1.165, 1.54) is 28.6 Å². The summed E-state index contributed by atoms with van der Waals surface area (Å²) in [6, 6.07) is 12.0. The quantitative estimate of drug-likeness (QED) is 0.798. The van der Waals surface area contributed by atoms with Crippen LogP contribution < -0.4 is 0 Å². The first-order valence-corrected chi connectivity index (χ1v) is 9.96. The second-order valence-corrected chi connectivity index (χ2v) is 8.42. The van der Waals surface area contributed by atoms with E-state index in [0.717, 1.165) is 0 Å². The van der Waals surface area contributed by atoms with Gasteiger partial charge in [-0.2, -0.15) is 4.31 Å². The van der Waals surface area contributed by atoms with Gasteiger partial charge in [0.25, 0.3) is 0 Å². The zero-order valence-electron chi connectivity index (χ0n) is 13.9. The van der Waals surface area contributed by atoms with Gasteiger partial charge in [0, 0.05) is 31.2 Å². The minimum atomic E-state index is -3.64. The summed E-state index contributed by atoms with van der Waals surface area (Å²) in [4.78, 5) is 14.1. The molecule has 0 N–H and O–H groups in total. The van der Waals surface area contributed by atoms with E-state index >= 15 is 0 Å². The van der Waals surface area contributed by atoms with Crippen LogP contribution in [0.15, 0.2) is 53.4 Å². The summed E-state index contributed by atoms with van der Waals surface area (Å²) >= 11 is 5.88. The normalized spacial score (nSPS) is 15.8. The van der Waals surface area contributed by atoms with Crippen LogP contribution in [-0.2, 0) is 21.2 Å². The molecule has 3 rings (SSSR count). The highest BCUT2D eigenvalue weighted by Crippen LogP contribution is 2.21. The Bertz CT molecular complexity index is 912. The van der Waals surface area contributed by atoms with Crippen LogP contribution in [0.1, 0.15) is 5.56 Å². The SMILES string of the molecule is O=C(Cc1cccc(F)c1)N1CCN(S(=O)(=O)c2cccc(Cl)c2)CC1. The molecule has 1 aliphatic heterocycles. The maximum Gasteiger partial charge on any atom is 0.243 e. The molecular weight excluding hydrogens is 379 g/mol. The van der Waals surface area contributed by atoms with E-state index in [4.69, 9.17) is 11.6 Å². The van der Waals surface area contributed by atoms with Crippen molar-refractivity contribution in [1.82, 2.24) is 9.21 Å². The molecule has 1 amide bonds. The van der Waals surface area contributed by atoms with Crippen LogP contribution in [-0.4, -0.2) is 49.7 Å². The second-order valence-electron chi connectivity index (χ2n) is 6.05. The number of carbonyl (C=O) groups excluding carboxylic acids is 1. The Hall–Kier alpha value is -1.96. The Morgan fingerprint density at radius 1 is 1.04 bits per heavy atom. The highest BCUT2D eigenvalue weighted by Gasteiger charge is 2.30. The minimum absolute atomic E-state index is 0.0960. The lowest BCUT2D eigenvalue weighted by molar-refractivity contribution is -0.131. The number of nitrogens with zero attached hydrogens (tertiary/aromatic N) is 2. The van der Waals surface area contributed by atoms with Crippen molar-refractivity contribution in [2.45, 2.75) is 11.3 Å². The lowest BCUT2D eigenvalue weighted by Crippen LogP contribution is -2.50. The van der Waals surface area contributed by atoms with Gasteiger partial charge in [0.1, 0.15) is 5.82 Å². The fraction of sp³-hybridized carbons (Fsp3) is 0.278. The number of halogens is 2. The Balaban J connectivity index is 1.62. The van der Waals surface area contributed by atoms with E-state index in [2.05, 4.69) is 0 Å². The first-order chi connectivity index (χ1) is 12.4. The highest BCUT2D eigenvalue weighted by atomic mass is 35.5. The molecule has 0 atom stereocenters. The van der Waals surface area contributed by atoms with Crippen molar-refractivity contribution in [3.8, 4) is 0 Å². The Morgan fingerprint density at radius 2 is 1.73 bits per heavy atom. The van der Waals surface area contributed by atoms with E-state index < -0.39 is 10.0 Å². The summed E-state index contributed by atoms with van der Waals surface area (Å²) in [5.74, 6) is -0.525. The number of amides is 1. The molecule has 0 saturated carbocycles. The molecule has 2 aromatic carbocycles. The summed E-state index contributed by atoms with van der Waals surface area (Å²) < 4.78 is 39.9. The van der Waals surface area contributed by atoms with E-state index in [-0.39, 0.29) is 36.1 Å². The van der Waals surface area contributed by atoms with Gasteiger partial charge in [-0.05, 0) is 35.9 Å². The molecule has 0 radical (unpaired) electrons. The third-order valence-corrected chi connectivity index (χ3v) is 6.40. The average Bonchev–Trinajstić information content (AvgIpc) is 2.62. The van der Waals surface area contributed by atoms with Crippen LogP contribution in [0.2, 0.25) is 5.02 Å². The van der Waals surface area contributed by atoms with Crippen molar-refractivity contribution in [1.29, 1.82) is 0 Å². The second kappa shape index (κ2) is 7.73. The number of hydrogen-bond donors (Lipinski definition) is 0. The molecule has 5 nitrogen and oxygen atoms in total. The van der Waals surface area contributed by atoms with E-state index in [0.29, 0.717) is 23.7 Å². The fourth-order valence-corrected chi connectivity index (χ4v) is 4.61. The molecule has 2 aromatic rings. The fourth-order valence-electron chi connectivity index (χ4n) is 2.89. The number of sulfonamides is 1. The van der Waals surface area contributed by atoms with Gasteiger partial charge in [-0.3, -0.25) is 4.79 Å². The van der Waals surface area contributed by atoms with Crippen molar-refractivity contribution >= 4 is 27.5 Å². The van der Waals surface area contributed by atoms with Gasteiger partial charge < -0.3 is 4.90 Å². The summed E-state index contributed by atoms with van der Waals surface area (Å²) in [7, 11) is -3.64. The number of piperazine rings is 1. The lowest BCUT2D eigenvalue weighted by Gasteiger charge is -2.34. The molecular formula is C18H18ClFN2O3S. The molecule has 1 saturated heterocycles. The number of benzene rings is 2. The average molecular weight is 397 g/mol. The third-order valence-electron chi connectivity index (χ3n) is 4.27. The predicted molar refractivity (Wildman–Crippen MR) is 96.9 cm³/mol. The van der Waals surface area contributed by atoms with Gasteiger partial charge in [-0.25, -0.2) is 12.8 Å². The largest absolute Gasteiger partial charge is 0.340 e. The maximum absolute atomic E-state index is 13.2. The standard InChI is InChI=1S/C18H18ClFN2O3S/c19-15-4-2-6-17(13-15)26(24,25)22-9-7-21(8-10-22)18(23)12-14-3-1-5-16(20)11-14/h1-6,11,13H,7-10,12H2. The molecule has 138 valence electrons. The zero-order chi connectivity index (χ0) is 18.7. The zero-order valence-corrected chi connectivity index (χ0v) is 15.5. The monoisotopic (exact) mass is 396 g/mol.